The van der Waals surface area contributed by atoms with Crippen molar-refractivity contribution in [3.63, 3.8) is 0 Å². The number of carbonyl (C=O) groups is 2. The zero-order chi connectivity index (χ0) is 19.8. The number of unbranched alkanes of at least 4 members (excludes halogenated alkanes) is 4. The van der Waals surface area contributed by atoms with Crippen LogP contribution in [0.5, 0.6) is 0 Å². The van der Waals surface area contributed by atoms with Crippen LogP contribution >= 0.6 is 0 Å². The summed E-state index contributed by atoms with van der Waals surface area (Å²) in [6.07, 6.45) is 16.3. The lowest BCUT2D eigenvalue weighted by Crippen LogP contribution is -2.46. The fraction of sp³-hybridized carbons (Fsp3) is 0.917. The van der Waals surface area contributed by atoms with Crippen molar-refractivity contribution in [2.75, 3.05) is 13.2 Å². The molecular formula is C24H40O4. The van der Waals surface area contributed by atoms with Gasteiger partial charge in [0.05, 0.1) is 13.2 Å². The maximum absolute atomic E-state index is 12.0. The van der Waals surface area contributed by atoms with E-state index in [-0.39, 0.29) is 11.9 Å². The maximum atomic E-state index is 12.0. The van der Waals surface area contributed by atoms with Gasteiger partial charge in [0, 0.05) is 12.8 Å². The van der Waals surface area contributed by atoms with E-state index < -0.39 is 0 Å². The largest absolute Gasteiger partial charge is 0.466 e. The van der Waals surface area contributed by atoms with Crippen molar-refractivity contribution in [1.82, 2.24) is 0 Å². The summed E-state index contributed by atoms with van der Waals surface area (Å²) in [5.74, 6) is 2.62. The molecule has 4 nitrogen and oxygen atoms in total. The van der Waals surface area contributed by atoms with Crippen LogP contribution in [0.4, 0.5) is 0 Å². The summed E-state index contributed by atoms with van der Waals surface area (Å²) in [5.41, 5.74) is 0.482. The number of ether oxygens (including phenoxy) is 2. The van der Waals surface area contributed by atoms with Gasteiger partial charge in [0.2, 0.25) is 0 Å². The molecule has 160 valence electrons. The fourth-order valence-electron chi connectivity index (χ4n) is 6.38. The van der Waals surface area contributed by atoms with Crippen molar-refractivity contribution in [2.45, 2.75) is 103 Å². The van der Waals surface area contributed by atoms with E-state index in [9.17, 15) is 9.59 Å². The van der Waals surface area contributed by atoms with Gasteiger partial charge in [-0.05, 0) is 87.4 Å². The summed E-state index contributed by atoms with van der Waals surface area (Å²) in [5, 5.41) is 0. The topological polar surface area (TPSA) is 52.6 Å². The minimum atomic E-state index is -0.133. The minimum absolute atomic E-state index is 0.0994. The third-order valence-corrected chi connectivity index (χ3v) is 7.33. The fourth-order valence-corrected chi connectivity index (χ4v) is 6.38. The Morgan fingerprint density at radius 1 is 0.750 bits per heavy atom. The van der Waals surface area contributed by atoms with Crippen LogP contribution in [0.25, 0.3) is 0 Å². The van der Waals surface area contributed by atoms with Gasteiger partial charge < -0.3 is 9.47 Å². The summed E-state index contributed by atoms with van der Waals surface area (Å²) in [7, 11) is 0. The van der Waals surface area contributed by atoms with Crippen LogP contribution < -0.4 is 0 Å². The van der Waals surface area contributed by atoms with Crippen LogP contribution in [0, 0.1) is 23.2 Å². The molecule has 0 radical (unpaired) electrons. The van der Waals surface area contributed by atoms with Gasteiger partial charge in [0.1, 0.15) is 0 Å². The number of carbonyl (C=O) groups excluding carboxylic acids is 2. The lowest BCUT2D eigenvalue weighted by atomic mass is 9.49. The van der Waals surface area contributed by atoms with E-state index in [1.54, 1.807) is 0 Å². The highest BCUT2D eigenvalue weighted by molar-refractivity contribution is 5.70. The van der Waals surface area contributed by atoms with Crippen LogP contribution in [-0.4, -0.2) is 25.2 Å². The molecule has 0 atom stereocenters. The second kappa shape index (κ2) is 10.6. The van der Waals surface area contributed by atoms with Gasteiger partial charge in [0.25, 0.3) is 0 Å². The van der Waals surface area contributed by atoms with Crippen molar-refractivity contribution >= 4 is 11.9 Å². The Bertz CT molecular complexity index is 477. The zero-order valence-corrected chi connectivity index (χ0v) is 17.9. The van der Waals surface area contributed by atoms with Crippen LogP contribution in [0.15, 0.2) is 0 Å². The molecule has 4 rings (SSSR count). The average molecular weight is 393 g/mol. The van der Waals surface area contributed by atoms with Gasteiger partial charge in [0.15, 0.2) is 0 Å². The standard InChI is InChI=1S/C24H40O4/c1-2-3-4-7-11-27-22(25)8-5-6-9-23(26)28-12-10-24-16-19-13-20(17-24)15-21(14-19)18-24/h19-21H,2-18H2,1H3. The molecular weight excluding hydrogens is 352 g/mol. The molecule has 28 heavy (non-hydrogen) atoms. The Kier molecular flexibility index (Phi) is 8.23. The van der Waals surface area contributed by atoms with Gasteiger partial charge in [-0.3, -0.25) is 9.59 Å². The van der Waals surface area contributed by atoms with Crippen molar-refractivity contribution in [3.05, 3.63) is 0 Å². The summed E-state index contributed by atoms with van der Waals surface area (Å²) in [6, 6.07) is 0. The van der Waals surface area contributed by atoms with E-state index in [1.807, 2.05) is 0 Å². The molecule has 0 spiro atoms. The summed E-state index contributed by atoms with van der Waals surface area (Å²) in [4.78, 5) is 23.7. The first kappa shape index (κ1) is 21.6. The number of hydrogen-bond acceptors (Lipinski definition) is 4. The normalized spacial score (nSPS) is 30.4. The zero-order valence-electron chi connectivity index (χ0n) is 17.9. The first-order valence-corrected chi connectivity index (χ1v) is 11.9. The summed E-state index contributed by atoms with van der Waals surface area (Å²) >= 11 is 0. The molecule has 0 N–H and O–H groups in total. The highest BCUT2D eigenvalue weighted by Gasteiger charge is 2.50. The number of esters is 2. The molecule has 4 bridgehead atoms. The molecule has 4 saturated carbocycles. The predicted molar refractivity (Wildman–Crippen MR) is 110 cm³/mol. The first-order chi connectivity index (χ1) is 13.6. The smallest absolute Gasteiger partial charge is 0.305 e. The Labute approximate surface area is 171 Å². The molecule has 0 saturated heterocycles. The highest BCUT2D eigenvalue weighted by atomic mass is 16.5. The van der Waals surface area contributed by atoms with Crippen molar-refractivity contribution in [3.8, 4) is 0 Å². The van der Waals surface area contributed by atoms with E-state index in [2.05, 4.69) is 6.92 Å². The number of rotatable bonds is 13. The van der Waals surface area contributed by atoms with Gasteiger partial charge in [-0.15, -0.1) is 0 Å². The molecule has 0 amide bonds. The van der Waals surface area contributed by atoms with Crippen LogP contribution in [0.3, 0.4) is 0 Å². The molecule has 4 aliphatic rings. The molecule has 4 fully saturated rings. The van der Waals surface area contributed by atoms with E-state index in [0.717, 1.165) is 37.0 Å². The van der Waals surface area contributed by atoms with E-state index in [0.29, 0.717) is 44.3 Å². The molecule has 0 aromatic carbocycles. The van der Waals surface area contributed by atoms with Crippen molar-refractivity contribution < 1.29 is 19.1 Å². The molecule has 0 heterocycles. The third-order valence-electron chi connectivity index (χ3n) is 7.33. The molecule has 0 aromatic rings. The Morgan fingerprint density at radius 3 is 1.82 bits per heavy atom. The Morgan fingerprint density at radius 2 is 1.29 bits per heavy atom. The minimum Gasteiger partial charge on any atom is -0.466 e. The van der Waals surface area contributed by atoms with E-state index >= 15 is 0 Å². The molecule has 0 aromatic heterocycles. The molecule has 4 heteroatoms. The van der Waals surface area contributed by atoms with Crippen LogP contribution in [-0.2, 0) is 19.1 Å². The van der Waals surface area contributed by atoms with Crippen LogP contribution in [0.2, 0.25) is 0 Å². The second-order valence-electron chi connectivity index (χ2n) is 9.88. The van der Waals surface area contributed by atoms with Crippen molar-refractivity contribution in [1.29, 1.82) is 0 Å². The Hall–Kier alpha value is -1.06. The lowest BCUT2D eigenvalue weighted by molar-refractivity contribution is -0.147. The second-order valence-corrected chi connectivity index (χ2v) is 9.88. The number of hydrogen-bond donors (Lipinski definition) is 0. The van der Waals surface area contributed by atoms with Gasteiger partial charge in [-0.2, -0.15) is 0 Å². The molecule has 0 unspecified atom stereocenters. The summed E-state index contributed by atoms with van der Waals surface area (Å²) < 4.78 is 10.8. The van der Waals surface area contributed by atoms with Crippen LogP contribution in [0.1, 0.15) is 103 Å². The van der Waals surface area contributed by atoms with Gasteiger partial charge >= 0.3 is 11.9 Å². The monoisotopic (exact) mass is 392 g/mol. The quantitative estimate of drug-likeness (QED) is 0.293. The predicted octanol–water partition coefficient (Wildman–Crippen LogP) is 5.82. The summed E-state index contributed by atoms with van der Waals surface area (Å²) in [6.45, 7) is 3.29. The first-order valence-electron chi connectivity index (χ1n) is 11.9. The Balaban J connectivity index is 1.20. The third kappa shape index (κ3) is 6.49. The highest BCUT2D eigenvalue weighted by Crippen LogP contribution is 2.61. The van der Waals surface area contributed by atoms with Gasteiger partial charge in [-0.25, -0.2) is 0 Å². The SMILES string of the molecule is CCCCCCOC(=O)CCCCC(=O)OCCC12CC3CC(CC(C3)C1)C2. The van der Waals surface area contributed by atoms with E-state index in [1.165, 1.54) is 51.4 Å². The lowest BCUT2D eigenvalue weighted by Gasteiger charge is -2.57. The molecule has 4 aliphatic carbocycles. The van der Waals surface area contributed by atoms with Gasteiger partial charge in [-0.1, -0.05) is 26.2 Å². The maximum Gasteiger partial charge on any atom is 0.305 e. The molecule has 0 aliphatic heterocycles. The van der Waals surface area contributed by atoms with Crippen molar-refractivity contribution in [2.24, 2.45) is 23.2 Å². The average Bonchev–Trinajstić information content (AvgIpc) is 2.64. The van der Waals surface area contributed by atoms with E-state index in [4.69, 9.17) is 9.47 Å².